The molecule has 0 amide bonds. The van der Waals surface area contributed by atoms with Crippen LogP contribution in [0.15, 0.2) is 24.3 Å². The molecule has 0 saturated heterocycles. The van der Waals surface area contributed by atoms with E-state index in [9.17, 15) is 9.90 Å². The average molecular weight is 234 g/mol. The quantitative estimate of drug-likeness (QED) is 0.852. The number of benzene rings is 1. The van der Waals surface area contributed by atoms with Gasteiger partial charge in [0.05, 0.1) is 12.0 Å². The number of rotatable bonds is 5. The number of ether oxygens (including phenoxy) is 1. The Morgan fingerprint density at radius 1 is 1.47 bits per heavy atom. The summed E-state index contributed by atoms with van der Waals surface area (Å²) in [6.45, 7) is 2.72. The summed E-state index contributed by atoms with van der Waals surface area (Å²) in [6, 6.07) is 7.53. The van der Waals surface area contributed by atoms with Gasteiger partial charge in [0.1, 0.15) is 5.75 Å². The van der Waals surface area contributed by atoms with E-state index in [1.54, 1.807) is 0 Å². The molecule has 1 aromatic rings. The number of carboxylic acid groups (broad SMARTS) is 1. The molecule has 0 heterocycles. The third kappa shape index (κ3) is 2.14. The second-order valence-corrected chi connectivity index (χ2v) is 4.62. The normalized spacial score (nSPS) is 17.2. The number of hydrogen-bond acceptors (Lipinski definition) is 2. The maximum atomic E-state index is 11.4. The summed E-state index contributed by atoms with van der Waals surface area (Å²) < 4.78 is 5.55. The molecule has 0 unspecified atom stereocenters. The highest BCUT2D eigenvalue weighted by molar-refractivity contribution is 5.82. The summed E-state index contributed by atoms with van der Waals surface area (Å²) in [7, 11) is 0. The van der Waals surface area contributed by atoms with E-state index in [0.717, 1.165) is 37.0 Å². The van der Waals surface area contributed by atoms with Crippen molar-refractivity contribution in [1.82, 2.24) is 0 Å². The lowest BCUT2D eigenvalue weighted by atomic mass is 9.64. The Morgan fingerprint density at radius 2 is 2.24 bits per heavy atom. The summed E-state index contributed by atoms with van der Waals surface area (Å²) in [5.41, 5.74) is 0.218. The van der Waals surface area contributed by atoms with E-state index in [2.05, 4.69) is 6.92 Å². The Labute approximate surface area is 101 Å². The average Bonchev–Trinajstić information content (AvgIpc) is 2.25. The van der Waals surface area contributed by atoms with Gasteiger partial charge >= 0.3 is 5.97 Å². The maximum Gasteiger partial charge on any atom is 0.314 e. The zero-order valence-electron chi connectivity index (χ0n) is 10.1. The number of hydrogen-bond donors (Lipinski definition) is 1. The lowest BCUT2D eigenvalue weighted by molar-refractivity contribution is -0.147. The lowest BCUT2D eigenvalue weighted by Crippen LogP contribution is -2.42. The molecule has 1 saturated carbocycles. The van der Waals surface area contributed by atoms with Crippen LogP contribution in [0.3, 0.4) is 0 Å². The molecule has 1 N–H and O–H groups in total. The van der Waals surface area contributed by atoms with Gasteiger partial charge < -0.3 is 9.84 Å². The Morgan fingerprint density at radius 3 is 2.76 bits per heavy atom. The Balaban J connectivity index is 2.23. The van der Waals surface area contributed by atoms with Crippen molar-refractivity contribution in [3.63, 3.8) is 0 Å². The van der Waals surface area contributed by atoms with Gasteiger partial charge in [0, 0.05) is 0 Å². The van der Waals surface area contributed by atoms with Crippen LogP contribution in [0.1, 0.15) is 38.2 Å². The second-order valence-electron chi connectivity index (χ2n) is 4.62. The van der Waals surface area contributed by atoms with Crippen molar-refractivity contribution in [3.05, 3.63) is 29.8 Å². The minimum atomic E-state index is -0.712. The third-order valence-electron chi connectivity index (χ3n) is 3.48. The van der Waals surface area contributed by atoms with E-state index in [-0.39, 0.29) is 0 Å². The summed E-state index contributed by atoms with van der Waals surface area (Å²) in [5, 5.41) is 9.36. The molecule has 1 aliphatic rings. The van der Waals surface area contributed by atoms with Crippen LogP contribution in [0, 0.1) is 0 Å². The highest BCUT2D eigenvalue weighted by Crippen LogP contribution is 2.44. The van der Waals surface area contributed by atoms with Gasteiger partial charge in [-0.3, -0.25) is 4.79 Å². The Bertz CT molecular complexity index is 408. The highest BCUT2D eigenvalue weighted by Gasteiger charge is 2.45. The van der Waals surface area contributed by atoms with Gasteiger partial charge in [-0.2, -0.15) is 0 Å². The van der Waals surface area contributed by atoms with Crippen LogP contribution >= 0.6 is 0 Å². The fourth-order valence-corrected chi connectivity index (χ4v) is 2.26. The van der Waals surface area contributed by atoms with Gasteiger partial charge in [0.25, 0.3) is 0 Å². The molecule has 3 heteroatoms. The molecule has 1 aromatic carbocycles. The second kappa shape index (κ2) is 4.78. The Kier molecular flexibility index (Phi) is 3.36. The summed E-state index contributed by atoms with van der Waals surface area (Å²) in [5.74, 6) is 0.0632. The van der Waals surface area contributed by atoms with E-state index in [1.165, 1.54) is 0 Å². The van der Waals surface area contributed by atoms with Gasteiger partial charge in [-0.15, -0.1) is 0 Å². The van der Waals surface area contributed by atoms with E-state index in [4.69, 9.17) is 4.74 Å². The molecule has 0 aliphatic heterocycles. The SMILES string of the molecule is CCCOc1cccc(C2(C(=O)O)CCC2)c1. The van der Waals surface area contributed by atoms with Crippen molar-refractivity contribution in [2.75, 3.05) is 6.61 Å². The van der Waals surface area contributed by atoms with Crippen LogP contribution < -0.4 is 4.74 Å². The van der Waals surface area contributed by atoms with Gasteiger partial charge in [-0.25, -0.2) is 0 Å². The van der Waals surface area contributed by atoms with Crippen molar-refractivity contribution in [2.45, 2.75) is 38.0 Å². The fraction of sp³-hybridized carbons (Fsp3) is 0.500. The van der Waals surface area contributed by atoms with Gasteiger partial charge in [-0.05, 0) is 37.0 Å². The van der Waals surface area contributed by atoms with Crippen LogP contribution in [0.5, 0.6) is 5.75 Å². The smallest absolute Gasteiger partial charge is 0.314 e. The van der Waals surface area contributed by atoms with Crippen LogP contribution in [0.2, 0.25) is 0 Å². The molecular weight excluding hydrogens is 216 g/mol. The summed E-state index contributed by atoms with van der Waals surface area (Å²) in [4.78, 5) is 11.4. The molecule has 2 rings (SSSR count). The molecule has 3 nitrogen and oxygen atoms in total. The van der Waals surface area contributed by atoms with Gasteiger partial charge in [0.2, 0.25) is 0 Å². The molecule has 1 aliphatic carbocycles. The zero-order chi connectivity index (χ0) is 12.3. The molecule has 0 atom stereocenters. The maximum absolute atomic E-state index is 11.4. The largest absolute Gasteiger partial charge is 0.494 e. The van der Waals surface area contributed by atoms with Crippen LogP contribution in [-0.4, -0.2) is 17.7 Å². The topological polar surface area (TPSA) is 46.5 Å². The molecule has 0 spiro atoms. The molecular formula is C14H18O3. The minimum Gasteiger partial charge on any atom is -0.494 e. The third-order valence-corrected chi connectivity index (χ3v) is 3.48. The van der Waals surface area contributed by atoms with E-state index >= 15 is 0 Å². The lowest BCUT2D eigenvalue weighted by Gasteiger charge is -2.38. The van der Waals surface area contributed by atoms with Crippen LogP contribution in [0.25, 0.3) is 0 Å². The van der Waals surface area contributed by atoms with Crippen molar-refractivity contribution in [1.29, 1.82) is 0 Å². The summed E-state index contributed by atoms with van der Waals surface area (Å²) in [6.07, 6.45) is 3.42. The summed E-state index contributed by atoms with van der Waals surface area (Å²) >= 11 is 0. The minimum absolute atomic E-state index is 0.661. The van der Waals surface area contributed by atoms with Crippen LogP contribution in [-0.2, 0) is 10.2 Å². The van der Waals surface area contributed by atoms with E-state index in [1.807, 2.05) is 24.3 Å². The molecule has 0 radical (unpaired) electrons. The first-order chi connectivity index (χ1) is 8.19. The molecule has 17 heavy (non-hydrogen) atoms. The van der Waals surface area contributed by atoms with Crippen molar-refractivity contribution in [3.8, 4) is 5.75 Å². The first kappa shape index (κ1) is 12.0. The van der Waals surface area contributed by atoms with Crippen molar-refractivity contribution >= 4 is 5.97 Å². The standard InChI is InChI=1S/C14H18O3/c1-2-9-17-12-6-3-5-11(10-12)14(13(15)16)7-4-8-14/h3,5-6,10H,2,4,7-9H2,1H3,(H,15,16). The van der Waals surface area contributed by atoms with Gasteiger partial charge in [0.15, 0.2) is 0 Å². The van der Waals surface area contributed by atoms with Crippen LogP contribution in [0.4, 0.5) is 0 Å². The first-order valence-corrected chi connectivity index (χ1v) is 6.16. The fourth-order valence-electron chi connectivity index (χ4n) is 2.26. The zero-order valence-corrected chi connectivity index (χ0v) is 10.1. The van der Waals surface area contributed by atoms with E-state index < -0.39 is 11.4 Å². The molecule has 1 fully saturated rings. The van der Waals surface area contributed by atoms with E-state index in [0.29, 0.717) is 6.61 Å². The van der Waals surface area contributed by atoms with Gasteiger partial charge in [-0.1, -0.05) is 25.5 Å². The predicted molar refractivity (Wildman–Crippen MR) is 65.4 cm³/mol. The number of carbonyl (C=O) groups is 1. The van der Waals surface area contributed by atoms with Crippen molar-refractivity contribution in [2.24, 2.45) is 0 Å². The first-order valence-electron chi connectivity index (χ1n) is 6.16. The molecule has 0 bridgehead atoms. The number of carboxylic acids is 1. The Hall–Kier alpha value is -1.51. The monoisotopic (exact) mass is 234 g/mol. The number of aliphatic carboxylic acids is 1. The highest BCUT2D eigenvalue weighted by atomic mass is 16.5. The van der Waals surface area contributed by atoms with Crippen molar-refractivity contribution < 1.29 is 14.6 Å². The molecule has 92 valence electrons. The predicted octanol–water partition coefficient (Wildman–Crippen LogP) is 2.98. The molecule has 0 aromatic heterocycles.